The van der Waals surface area contributed by atoms with E-state index in [0.29, 0.717) is 16.9 Å². The Morgan fingerprint density at radius 2 is 2.12 bits per heavy atom. The number of carboxylic acid groups (broad SMARTS) is 1. The average molecular weight is 246 g/mol. The van der Waals surface area contributed by atoms with Gasteiger partial charge in [-0.25, -0.2) is 13.6 Å². The molecule has 0 aromatic heterocycles. The third-order valence-electron chi connectivity index (χ3n) is 2.31. The Morgan fingerprint density at radius 1 is 1.50 bits per heavy atom. The first kappa shape index (κ1) is 13.0. The zero-order valence-corrected chi connectivity index (χ0v) is 9.78. The molecule has 5 heteroatoms. The van der Waals surface area contributed by atoms with Crippen LogP contribution in [-0.4, -0.2) is 17.3 Å². The summed E-state index contributed by atoms with van der Waals surface area (Å²) < 4.78 is 25.4. The Bertz CT molecular complexity index is 405. The fraction of sp³-hybridized carbons (Fsp3) is 0.364. The van der Waals surface area contributed by atoms with E-state index >= 15 is 0 Å². The van der Waals surface area contributed by atoms with Crippen LogP contribution >= 0.6 is 11.8 Å². The van der Waals surface area contributed by atoms with Crippen LogP contribution in [0.4, 0.5) is 8.78 Å². The summed E-state index contributed by atoms with van der Waals surface area (Å²) in [7, 11) is 0. The fourth-order valence-electron chi connectivity index (χ4n) is 1.61. The largest absolute Gasteiger partial charge is 0.478 e. The second-order valence-corrected chi connectivity index (χ2v) is 3.99. The number of hydrogen-bond donors (Lipinski definition) is 1. The molecule has 0 unspecified atom stereocenters. The minimum absolute atomic E-state index is 0.0886. The van der Waals surface area contributed by atoms with Crippen molar-refractivity contribution in [2.24, 2.45) is 0 Å². The Morgan fingerprint density at radius 3 is 2.50 bits per heavy atom. The average Bonchev–Trinajstić information content (AvgIpc) is 2.26. The molecule has 1 N–H and O–H groups in total. The van der Waals surface area contributed by atoms with E-state index in [1.807, 2.05) is 0 Å². The number of hydrogen-bond acceptors (Lipinski definition) is 2. The summed E-state index contributed by atoms with van der Waals surface area (Å²) in [6, 6.07) is 2.45. The molecule has 0 amide bonds. The van der Waals surface area contributed by atoms with Crippen LogP contribution in [-0.2, 0) is 6.42 Å². The first-order chi connectivity index (χ1) is 7.52. The SMILES string of the molecule is CCc1c(C(=O)O)ccc(C(F)F)c1SC. The van der Waals surface area contributed by atoms with E-state index in [0.717, 1.165) is 11.8 Å². The Kier molecular flexibility index (Phi) is 4.29. The van der Waals surface area contributed by atoms with Crippen molar-refractivity contribution in [3.8, 4) is 0 Å². The highest BCUT2D eigenvalue weighted by Crippen LogP contribution is 2.34. The van der Waals surface area contributed by atoms with Crippen molar-refractivity contribution < 1.29 is 18.7 Å². The summed E-state index contributed by atoms with van der Waals surface area (Å²) in [6.07, 6.45) is -0.472. The lowest BCUT2D eigenvalue weighted by Crippen LogP contribution is -2.05. The number of halogens is 2. The lowest BCUT2D eigenvalue weighted by molar-refractivity contribution is 0.0694. The van der Waals surface area contributed by atoms with Crippen LogP contribution in [0.5, 0.6) is 0 Å². The third-order valence-corrected chi connectivity index (χ3v) is 3.20. The van der Waals surface area contributed by atoms with Gasteiger partial charge in [0.05, 0.1) is 5.56 Å². The van der Waals surface area contributed by atoms with Crippen molar-refractivity contribution in [2.75, 3.05) is 6.26 Å². The standard InChI is InChI=1S/C11H12F2O2S/c1-3-6-7(11(14)15)4-5-8(10(12)13)9(6)16-2/h4-5,10H,3H2,1-2H3,(H,14,15). The number of benzene rings is 1. The van der Waals surface area contributed by atoms with Gasteiger partial charge in [-0.2, -0.15) is 0 Å². The molecule has 2 nitrogen and oxygen atoms in total. The van der Waals surface area contributed by atoms with E-state index in [2.05, 4.69) is 0 Å². The van der Waals surface area contributed by atoms with Crippen LogP contribution in [0.1, 0.15) is 34.8 Å². The van der Waals surface area contributed by atoms with Gasteiger partial charge < -0.3 is 5.11 Å². The molecule has 1 rings (SSSR count). The van der Waals surface area contributed by atoms with Crippen LogP contribution in [0, 0.1) is 0 Å². The summed E-state index contributed by atoms with van der Waals surface area (Å²) in [4.78, 5) is 11.3. The van der Waals surface area contributed by atoms with Crippen LogP contribution in [0.25, 0.3) is 0 Å². The van der Waals surface area contributed by atoms with Crippen LogP contribution in [0.2, 0.25) is 0 Å². The van der Waals surface area contributed by atoms with Gasteiger partial charge in [0.1, 0.15) is 0 Å². The molecule has 0 spiro atoms. The zero-order valence-electron chi connectivity index (χ0n) is 8.96. The number of carbonyl (C=O) groups is 1. The number of aromatic carboxylic acids is 1. The van der Waals surface area contributed by atoms with Gasteiger partial charge in [0.25, 0.3) is 6.43 Å². The van der Waals surface area contributed by atoms with Gasteiger partial charge in [0, 0.05) is 10.5 Å². The van der Waals surface area contributed by atoms with E-state index in [1.54, 1.807) is 13.2 Å². The molecule has 0 radical (unpaired) electrons. The normalized spacial score (nSPS) is 10.8. The minimum atomic E-state index is -2.57. The van der Waals surface area contributed by atoms with Gasteiger partial charge in [-0.3, -0.25) is 0 Å². The molecule has 0 bridgehead atoms. The Labute approximate surface area is 96.7 Å². The molecule has 0 heterocycles. The quantitative estimate of drug-likeness (QED) is 0.825. The van der Waals surface area contributed by atoms with Gasteiger partial charge >= 0.3 is 5.97 Å². The number of rotatable bonds is 4. The van der Waals surface area contributed by atoms with Crippen molar-refractivity contribution >= 4 is 17.7 Å². The molecule has 1 aromatic carbocycles. The second-order valence-electron chi connectivity index (χ2n) is 3.17. The first-order valence-corrected chi connectivity index (χ1v) is 5.96. The highest BCUT2D eigenvalue weighted by atomic mass is 32.2. The highest BCUT2D eigenvalue weighted by Gasteiger charge is 2.20. The smallest absolute Gasteiger partial charge is 0.336 e. The molecule has 0 aliphatic rings. The van der Waals surface area contributed by atoms with Crippen LogP contribution in [0.15, 0.2) is 17.0 Å². The topological polar surface area (TPSA) is 37.3 Å². The third kappa shape index (κ3) is 2.35. The van der Waals surface area contributed by atoms with Crippen molar-refractivity contribution in [1.82, 2.24) is 0 Å². The van der Waals surface area contributed by atoms with Crippen LogP contribution < -0.4 is 0 Å². The number of alkyl halides is 2. The van der Waals surface area contributed by atoms with Crippen molar-refractivity contribution in [2.45, 2.75) is 24.7 Å². The van der Waals surface area contributed by atoms with Crippen molar-refractivity contribution in [3.63, 3.8) is 0 Å². The lowest BCUT2D eigenvalue weighted by Gasteiger charge is -2.13. The maximum absolute atomic E-state index is 12.7. The van der Waals surface area contributed by atoms with Gasteiger partial charge in [-0.15, -0.1) is 11.8 Å². The second kappa shape index (κ2) is 5.30. The molecule has 0 aliphatic carbocycles. The number of carboxylic acids is 1. The monoisotopic (exact) mass is 246 g/mol. The maximum Gasteiger partial charge on any atom is 0.336 e. The Balaban J connectivity index is 3.46. The summed E-state index contributed by atoms with van der Waals surface area (Å²) in [5, 5.41) is 8.95. The predicted octanol–water partition coefficient (Wildman–Crippen LogP) is 3.61. The van der Waals surface area contributed by atoms with Gasteiger partial charge in [0.2, 0.25) is 0 Å². The molecule has 0 saturated carbocycles. The van der Waals surface area contributed by atoms with Gasteiger partial charge in [-0.1, -0.05) is 13.0 Å². The molecule has 88 valence electrons. The maximum atomic E-state index is 12.7. The molecule has 16 heavy (non-hydrogen) atoms. The molecular formula is C11H12F2O2S. The zero-order chi connectivity index (χ0) is 12.3. The summed E-state index contributed by atoms with van der Waals surface area (Å²) in [6.45, 7) is 1.76. The number of thioether (sulfide) groups is 1. The van der Waals surface area contributed by atoms with E-state index in [-0.39, 0.29) is 11.1 Å². The molecular weight excluding hydrogens is 234 g/mol. The molecule has 0 atom stereocenters. The van der Waals surface area contributed by atoms with Crippen molar-refractivity contribution in [1.29, 1.82) is 0 Å². The highest BCUT2D eigenvalue weighted by molar-refractivity contribution is 7.98. The lowest BCUT2D eigenvalue weighted by atomic mass is 10.0. The minimum Gasteiger partial charge on any atom is -0.478 e. The molecule has 0 aliphatic heterocycles. The van der Waals surface area contributed by atoms with Crippen LogP contribution in [0.3, 0.4) is 0 Å². The summed E-state index contributed by atoms with van der Waals surface area (Å²) in [5.74, 6) is -1.08. The Hall–Kier alpha value is -1.10. The molecule has 0 fully saturated rings. The summed E-state index contributed by atoms with van der Waals surface area (Å²) >= 11 is 1.16. The fourth-order valence-corrected chi connectivity index (χ4v) is 2.50. The first-order valence-electron chi connectivity index (χ1n) is 4.74. The van der Waals surface area contributed by atoms with E-state index in [9.17, 15) is 13.6 Å². The van der Waals surface area contributed by atoms with Gasteiger partial charge in [-0.05, 0) is 24.3 Å². The predicted molar refractivity (Wildman–Crippen MR) is 59.5 cm³/mol. The van der Waals surface area contributed by atoms with E-state index in [1.165, 1.54) is 12.1 Å². The van der Waals surface area contributed by atoms with Crippen molar-refractivity contribution in [3.05, 3.63) is 28.8 Å². The van der Waals surface area contributed by atoms with Gasteiger partial charge in [0.15, 0.2) is 0 Å². The van der Waals surface area contributed by atoms with E-state index in [4.69, 9.17) is 5.11 Å². The van der Waals surface area contributed by atoms with E-state index < -0.39 is 12.4 Å². The molecule has 0 saturated heterocycles. The molecule has 1 aromatic rings. The summed E-state index contributed by atoms with van der Waals surface area (Å²) in [5.41, 5.74) is 0.503.